The minimum atomic E-state index is -0.00445. The van der Waals surface area contributed by atoms with Gasteiger partial charge in [-0.3, -0.25) is 0 Å². The van der Waals surface area contributed by atoms with E-state index in [2.05, 4.69) is 238 Å². The summed E-state index contributed by atoms with van der Waals surface area (Å²) in [5, 5.41) is 0. The minimum Gasteiger partial charge on any atom is -0.354 e. The predicted molar refractivity (Wildman–Crippen MR) is 288 cm³/mol. The molecule has 10 rings (SSSR count). The van der Waals surface area contributed by atoms with Crippen LogP contribution in [-0.4, -0.2) is 29.5 Å². The van der Waals surface area contributed by atoms with Gasteiger partial charge in [-0.05, 0) is 103 Å². The summed E-state index contributed by atoms with van der Waals surface area (Å²) in [5.74, 6) is 0. The predicted octanol–water partition coefficient (Wildman–Crippen LogP) is 16.4. The zero-order valence-corrected chi connectivity index (χ0v) is 42.1. The molecule has 2 aliphatic heterocycles. The van der Waals surface area contributed by atoms with E-state index in [0.29, 0.717) is 0 Å². The molecule has 0 unspecified atom stereocenters. The van der Waals surface area contributed by atoms with E-state index in [1.807, 2.05) is 6.33 Å². The van der Waals surface area contributed by atoms with Crippen molar-refractivity contribution in [1.82, 2.24) is 29.5 Å². The number of nitrogens with zero attached hydrogens (tertiary/aromatic N) is 4. The third-order valence-electron chi connectivity index (χ3n) is 13.8. The fourth-order valence-corrected chi connectivity index (χ4v) is 9.73. The number of aromatic amines is 2. The zero-order valence-electron chi connectivity index (χ0n) is 42.1. The average molecular weight is 893 g/mol. The molecule has 6 heterocycles. The molecule has 0 radical (unpaired) electrons. The van der Waals surface area contributed by atoms with Gasteiger partial charge in [-0.15, -0.1) is 0 Å². The van der Waals surface area contributed by atoms with Crippen LogP contribution >= 0.6 is 0 Å². The number of imidazole rings is 1. The minimum absolute atomic E-state index is 0.00340. The summed E-state index contributed by atoms with van der Waals surface area (Å²) in [4.78, 5) is 24.5. The van der Waals surface area contributed by atoms with Crippen molar-refractivity contribution < 1.29 is 0 Å². The molecule has 0 spiro atoms. The Kier molecular flexibility index (Phi) is 10.6. The second-order valence-electron chi connectivity index (χ2n) is 23.0. The van der Waals surface area contributed by atoms with Crippen LogP contribution in [0, 0.1) is 0 Å². The van der Waals surface area contributed by atoms with Gasteiger partial charge in [0.2, 0.25) is 0 Å². The Morgan fingerprint density at radius 3 is 1.00 bits per heavy atom. The number of H-pyrrole nitrogens is 2. The van der Waals surface area contributed by atoms with Crippen molar-refractivity contribution in [3.05, 3.63) is 161 Å². The molecule has 0 atom stereocenters. The molecule has 4 aromatic heterocycles. The van der Waals surface area contributed by atoms with Crippen LogP contribution in [0.2, 0.25) is 0 Å². The molecule has 0 saturated heterocycles. The third-order valence-corrected chi connectivity index (χ3v) is 13.8. The van der Waals surface area contributed by atoms with Crippen LogP contribution in [0.1, 0.15) is 117 Å². The molecule has 8 bridgehead atoms. The van der Waals surface area contributed by atoms with Crippen LogP contribution in [0.5, 0.6) is 0 Å². The van der Waals surface area contributed by atoms with Crippen LogP contribution < -0.4 is 0 Å². The highest BCUT2D eigenvalue weighted by atomic mass is 15.1. The van der Waals surface area contributed by atoms with Gasteiger partial charge < -0.3 is 14.5 Å². The smallest absolute Gasteiger partial charge is 0.117 e. The molecule has 68 heavy (non-hydrogen) atoms. The maximum absolute atomic E-state index is 5.77. The summed E-state index contributed by atoms with van der Waals surface area (Å²) < 4.78 is 2.12. The van der Waals surface area contributed by atoms with E-state index in [9.17, 15) is 0 Å². The normalized spacial score (nSPS) is 13.0. The highest BCUT2D eigenvalue weighted by Crippen LogP contribution is 2.47. The lowest BCUT2D eigenvalue weighted by Crippen LogP contribution is -2.10. The maximum atomic E-state index is 5.77. The van der Waals surface area contributed by atoms with Gasteiger partial charge in [0.15, 0.2) is 0 Å². The van der Waals surface area contributed by atoms with Crippen LogP contribution in [-0.2, 0) is 28.7 Å². The number of hydrogen-bond donors (Lipinski definition) is 2. The van der Waals surface area contributed by atoms with E-state index in [0.717, 1.165) is 101 Å². The second-order valence-corrected chi connectivity index (χ2v) is 23.0. The van der Waals surface area contributed by atoms with E-state index in [1.54, 1.807) is 0 Å². The van der Waals surface area contributed by atoms with Gasteiger partial charge in [-0.1, -0.05) is 180 Å². The lowest BCUT2D eigenvalue weighted by molar-refractivity contribution is 0.590. The largest absolute Gasteiger partial charge is 0.354 e. The molecule has 6 heteroatoms. The Bertz CT molecular complexity index is 3430. The highest BCUT2D eigenvalue weighted by molar-refractivity contribution is 6.03. The summed E-state index contributed by atoms with van der Waals surface area (Å²) in [6, 6.07) is 44.9. The lowest BCUT2D eigenvalue weighted by atomic mass is 9.86. The summed E-state index contributed by atoms with van der Waals surface area (Å²) in [6.07, 6.45) is 6.29. The molecule has 342 valence electrons. The fourth-order valence-electron chi connectivity index (χ4n) is 9.73. The fraction of sp³-hybridized carbons (Fsp3) is 0.274. The van der Waals surface area contributed by atoms with E-state index in [4.69, 9.17) is 15.0 Å². The van der Waals surface area contributed by atoms with Crippen molar-refractivity contribution in [3.63, 3.8) is 0 Å². The molecule has 0 saturated carbocycles. The van der Waals surface area contributed by atoms with E-state index in [-0.39, 0.29) is 21.7 Å². The van der Waals surface area contributed by atoms with Gasteiger partial charge in [0.25, 0.3) is 0 Å². The average Bonchev–Trinajstić information content (AvgIpc) is 4.15. The number of hydrogen-bond acceptors (Lipinski definition) is 3. The summed E-state index contributed by atoms with van der Waals surface area (Å²) in [6.45, 7) is 27.1. The van der Waals surface area contributed by atoms with Gasteiger partial charge in [0.1, 0.15) is 11.4 Å². The molecule has 0 fully saturated rings. The molecule has 8 aromatic rings. The number of benzene rings is 4. The van der Waals surface area contributed by atoms with Gasteiger partial charge in [-0.2, -0.15) is 0 Å². The number of aromatic nitrogens is 6. The quantitative estimate of drug-likeness (QED) is 0.185. The van der Waals surface area contributed by atoms with Gasteiger partial charge in [-0.25, -0.2) is 15.0 Å². The number of aryl methyl sites for hydroxylation is 1. The number of nitrogens with one attached hydrogen (secondary N) is 2. The molecule has 6 nitrogen and oxygen atoms in total. The standard InChI is InChI=1S/C62H64N6/c1-59(2,3)41-22-14-37(15-23-41)51-45-30-31-46(64-45)52(38-16-24-42(25-17-38)60(4,5)6)48-33-35-50(66-48)54(40-20-28-44(29-21-40)62(10,11)12)56-58-57(63-36-68(58)13)55(67-56)53(49-34-32-47(51)65-49)39-18-26-43(27-19-39)61(7,8)9/h14-36,65-66H,1-13H3. The maximum Gasteiger partial charge on any atom is 0.117 e. The van der Waals surface area contributed by atoms with Crippen molar-refractivity contribution in [1.29, 1.82) is 0 Å². The van der Waals surface area contributed by atoms with Crippen LogP contribution in [0.4, 0.5) is 0 Å². The number of fused-ring (bicyclic) bond motifs is 11. The second kappa shape index (κ2) is 16.0. The van der Waals surface area contributed by atoms with Gasteiger partial charge in [0, 0.05) is 51.4 Å². The Hall–Kier alpha value is -7.05. The first kappa shape index (κ1) is 44.8. The van der Waals surface area contributed by atoms with Gasteiger partial charge in [0.05, 0.1) is 29.1 Å². The monoisotopic (exact) mass is 893 g/mol. The summed E-state index contributed by atoms with van der Waals surface area (Å²) >= 11 is 0. The molecule has 4 aromatic carbocycles. The molecular weight excluding hydrogens is 829 g/mol. The summed E-state index contributed by atoms with van der Waals surface area (Å²) in [5.41, 5.74) is 22.6. The van der Waals surface area contributed by atoms with Gasteiger partial charge >= 0.3 is 0 Å². The van der Waals surface area contributed by atoms with Crippen molar-refractivity contribution in [2.24, 2.45) is 7.05 Å². The van der Waals surface area contributed by atoms with Crippen LogP contribution in [0.3, 0.4) is 0 Å². The Labute approximate surface area is 402 Å². The van der Waals surface area contributed by atoms with Crippen LogP contribution in [0.25, 0.3) is 102 Å². The Balaban J connectivity index is 1.39. The molecule has 2 aliphatic rings. The molecular formula is C62H64N6. The van der Waals surface area contributed by atoms with E-state index >= 15 is 0 Å². The van der Waals surface area contributed by atoms with E-state index in [1.165, 1.54) is 22.3 Å². The number of rotatable bonds is 4. The Morgan fingerprint density at radius 2 is 0.662 bits per heavy atom. The molecule has 0 aliphatic carbocycles. The third kappa shape index (κ3) is 8.04. The van der Waals surface area contributed by atoms with Crippen molar-refractivity contribution in [3.8, 4) is 67.3 Å². The lowest BCUT2D eigenvalue weighted by Gasteiger charge is -2.19. The van der Waals surface area contributed by atoms with Crippen molar-refractivity contribution in [2.45, 2.75) is 105 Å². The first-order valence-corrected chi connectivity index (χ1v) is 24.1. The van der Waals surface area contributed by atoms with Crippen molar-refractivity contribution in [2.75, 3.05) is 0 Å². The van der Waals surface area contributed by atoms with Crippen molar-refractivity contribution >= 4 is 34.2 Å². The highest BCUT2D eigenvalue weighted by Gasteiger charge is 2.30. The topological polar surface area (TPSA) is 75.2 Å². The van der Waals surface area contributed by atoms with Crippen LogP contribution in [0.15, 0.2) is 128 Å². The first-order valence-electron chi connectivity index (χ1n) is 24.1. The first-order chi connectivity index (χ1) is 32.1. The molecule has 0 amide bonds. The molecule has 2 N–H and O–H groups in total. The Morgan fingerprint density at radius 1 is 0.353 bits per heavy atom. The SMILES string of the molecule is Cn1cnc2c1-c1nc-2c(-c2ccc(C(C)(C)C)cc2)c2ccc([nH]2)c(-c2ccc(C(C)(C)C)cc2)c2nc(c(-c3ccc(C(C)(C)C)cc3)c3ccc([nH]3)c1-c1ccc(C(C)(C)C)cc1)C=C2. The zero-order chi connectivity index (χ0) is 48.1. The summed E-state index contributed by atoms with van der Waals surface area (Å²) in [7, 11) is 2.08. The van der Waals surface area contributed by atoms with E-state index < -0.39 is 0 Å².